The average molecular weight is 393 g/mol. The van der Waals surface area contributed by atoms with Crippen LogP contribution in [0.1, 0.15) is 11.1 Å². The molecule has 0 bridgehead atoms. The molecule has 3 rings (SSSR count). The Morgan fingerprint density at radius 3 is 2.11 bits per heavy atom. The Kier molecular flexibility index (Phi) is 5.25. The fraction of sp³-hybridized carbons (Fsp3) is 0.158. The number of nitrogens with zero attached hydrogens (tertiary/aromatic N) is 1. The summed E-state index contributed by atoms with van der Waals surface area (Å²) in [6, 6.07) is 9.91. The van der Waals surface area contributed by atoms with Gasteiger partial charge >= 0.3 is 12.3 Å². The topological polar surface area (TPSA) is 66.3 Å². The highest BCUT2D eigenvalue weighted by atomic mass is 19.4. The third-order valence-corrected chi connectivity index (χ3v) is 3.64. The zero-order chi connectivity index (χ0) is 20.3. The van der Waals surface area contributed by atoms with Crippen molar-refractivity contribution in [3.8, 4) is 17.2 Å². The minimum absolute atomic E-state index is 0.00118. The van der Waals surface area contributed by atoms with Crippen LogP contribution >= 0.6 is 0 Å². The fourth-order valence-electron chi connectivity index (χ4n) is 2.39. The van der Waals surface area contributed by atoms with Gasteiger partial charge in [-0.3, -0.25) is 0 Å². The molecule has 0 spiro atoms. The van der Waals surface area contributed by atoms with Gasteiger partial charge < -0.3 is 18.9 Å². The highest BCUT2D eigenvalue weighted by Crippen LogP contribution is 2.27. The normalized spacial score (nSPS) is 15.2. The summed E-state index contributed by atoms with van der Waals surface area (Å²) >= 11 is 0. The highest BCUT2D eigenvalue weighted by Gasteiger charge is 2.31. The van der Waals surface area contributed by atoms with Crippen molar-refractivity contribution in [2.45, 2.75) is 6.36 Å². The number of cyclic esters (lactones) is 1. The van der Waals surface area contributed by atoms with E-state index in [4.69, 9.17) is 14.2 Å². The standard InChI is InChI=1S/C19H14F3NO5/c1-25-14-8-12(9-15(10-14)26-2)17-23-16(18(24)27-17)7-11-3-5-13(6-4-11)28-19(20,21)22/h3-10H,1-2H3/b16-7-. The molecule has 1 aliphatic heterocycles. The molecule has 0 saturated heterocycles. The fourth-order valence-corrected chi connectivity index (χ4v) is 2.39. The number of halogens is 3. The van der Waals surface area contributed by atoms with Crippen LogP contribution in [0.25, 0.3) is 6.08 Å². The minimum atomic E-state index is -4.77. The summed E-state index contributed by atoms with van der Waals surface area (Å²) in [7, 11) is 2.97. The number of esters is 1. The first-order valence-electron chi connectivity index (χ1n) is 7.89. The molecule has 2 aromatic rings. The van der Waals surface area contributed by atoms with Crippen molar-refractivity contribution in [1.82, 2.24) is 0 Å². The number of alkyl halides is 3. The van der Waals surface area contributed by atoms with Gasteiger partial charge in [-0.15, -0.1) is 13.2 Å². The molecule has 0 amide bonds. The van der Waals surface area contributed by atoms with E-state index in [-0.39, 0.29) is 17.3 Å². The maximum atomic E-state index is 12.2. The lowest BCUT2D eigenvalue weighted by Gasteiger charge is -2.08. The molecule has 9 heteroatoms. The molecule has 0 N–H and O–H groups in total. The van der Waals surface area contributed by atoms with Gasteiger partial charge in [0, 0.05) is 11.6 Å². The van der Waals surface area contributed by atoms with Crippen LogP contribution in [0.5, 0.6) is 17.2 Å². The number of aliphatic imine (C=N–C) groups is 1. The van der Waals surface area contributed by atoms with E-state index in [0.717, 1.165) is 12.1 Å². The number of hydrogen-bond donors (Lipinski definition) is 0. The number of hydrogen-bond acceptors (Lipinski definition) is 6. The van der Waals surface area contributed by atoms with Crippen LogP contribution in [0.2, 0.25) is 0 Å². The second-order valence-electron chi connectivity index (χ2n) is 5.55. The number of methoxy groups -OCH3 is 2. The summed E-state index contributed by atoms with van der Waals surface area (Å²) in [6.07, 6.45) is -3.38. The Balaban J connectivity index is 1.86. The Labute approximate surface area is 157 Å². The Morgan fingerprint density at radius 1 is 0.964 bits per heavy atom. The lowest BCUT2D eigenvalue weighted by molar-refractivity contribution is -0.274. The predicted molar refractivity (Wildman–Crippen MR) is 93.3 cm³/mol. The molecule has 1 aliphatic rings. The lowest BCUT2D eigenvalue weighted by atomic mass is 10.2. The van der Waals surface area contributed by atoms with E-state index >= 15 is 0 Å². The van der Waals surface area contributed by atoms with E-state index in [9.17, 15) is 18.0 Å². The minimum Gasteiger partial charge on any atom is -0.497 e. The molecule has 2 aromatic carbocycles. The third kappa shape index (κ3) is 4.61. The summed E-state index contributed by atoms with van der Waals surface area (Å²) in [5, 5.41) is 0. The first kappa shape index (κ1) is 19.3. The number of carbonyl (C=O) groups is 1. The SMILES string of the molecule is COc1cc(OC)cc(C2=N/C(=C\c3ccc(OC(F)(F)F)cc3)C(=O)O2)c1. The van der Waals surface area contributed by atoms with E-state index in [1.54, 1.807) is 18.2 Å². The summed E-state index contributed by atoms with van der Waals surface area (Å²) in [5.74, 6) is -0.00856. The molecule has 28 heavy (non-hydrogen) atoms. The largest absolute Gasteiger partial charge is 0.573 e. The Bertz CT molecular complexity index is 927. The number of ether oxygens (including phenoxy) is 4. The van der Waals surface area contributed by atoms with Crippen LogP contribution in [-0.4, -0.2) is 32.4 Å². The van der Waals surface area contributed by atoms with Crippen LogP contribution in [0.4, 0.5) is 13.2 Å². The van der Waals surface area contributed by atoms with Gasteiger partial charge in [0.15, 0.2) is 5.70 Å². The maximum absolute atomic E-state index is 12.2. The van der Waals surface area contributed by atoms with Crippen LogP contribution in [-0.2, 0) is 9.53 Å². The summed E-state index contributed by atoms with van der Waals surface area (Å²) < 4.78 is 55.9. The van der Waals surface area contributed by atoms with Crippen molar-refractivity contribution >= 4 is 17.9 Å². The van der Waals surface area contributed by atoms with E-state index in [0.29, 0.717) is 22.6 Å². The van der Waals surface area contributed by atoms with E-state index in [2.05, 4.69) is 9.73 Å². The lowest BCUT2D eigenvalue weighted by Crippen LogP contribution is -2.16. The van der Waals surface area contributed by atoms with E-state index < -0.39 is 12.3 Å². The predicted octanol–water partition coefficient (Wildman–Crippen LogP) is 3.95. The van der Waals surface area contributed by atoms with Crippen LogP contribution in [0.3, 0.4) is 0 Å². The molecule has 0 fully saturated rings. The number of carbonyl (C=O) groups excluding carboxylic acids is 1. The van der Waals surface area contributed by atoms with Gasteiger partial charge in [-0.05, 0) is 35.9 Å². The molecule has 0 unspecified atom stereocenters. The van der Waals surface area contributed by atoms with Gasteiger partial charge in [0.05, 0.1) is 14.2 Å². The van der Waals surface area contributed by atoms with E-state index in [1.165, 1.54) is 32.4 Å². The molecule has 0 atom stereocenters. The molecular formula is C19H14F3NO5. The first-order valence-corrected chi connectivity index (χ1v) is 7.89. The van der Waals surface area contributed by atoms with Crippen molar-refractivity contribution in [3.05, 3.63) is 59.3 Å². The number of rotatable bonds is 5. The summed E-state index contributed by atoms with van der Waals surface area (Å²) in [4.78, 5) is 16.2. The molecule has 1 heterocycles. The molecule has 0 radical (unpaired) electrons. The Hall–Kier alpha value is -3.49. The number of benzene rings is 2. The van der Waals surface area contributed by atoms with Gasteiger partial charge in [-0.1, -0.05) is 12.1 Å². The summed E-state index contributed by atoms with van der Waals surface area (Å²) in [5.41, 5.74) is 0.929. The first-order chi connectivity index (χ1) is 13.3. The maximum Gasteiger partial charge on any atom is 0.573 e. The quantitative estimate of drug-likeness (QED) is 0.569. The van der Waals surface area contributed by atoms with Gasteiger partial charge in [-0.2, -0.15) is 0 Å². The van der Waals surface area contributed by atoms with Gasteiger partial charge in [-0.25, -0.2) is 9.79 Å². The molecule has 146 valence electrons. The zero-order valence-electron chi connectivity index (χ0n) is 14.7. The van der Waals surface area contributed by atoms with Crippen LogP contribution in [0, 0.1) is 0 Å². The highest BCUT2D eigenvalue weighted by molar-refractivity contribution is 6.13. The van der Waals surface area contributed by atoms with E-state index in [1.807, 2.05) is 0 Å². The van der Waals surface area contributed by atoms with Crippen molar-refractivity contribution in [2.75, 3.05) is 14.2 Å². The van der Waals surface area contributed by atoms with Crippen LogP contribution in [0.15, 0.2) is 53.2 Å². The van der Waals surface area contributed by atoms with Gasteiger partial charge in [0.2, 0.25) is 5.90 Å². The smallest absolute Gasteiger partial charge is 0.497 e. The molecule has 0 aliphatic carbocycles. The van der Waals surface area contributed by atoms with Crippen LogP contribution < -0.4 is 14.2 Å². The molecule has 0 saturated carbocycles. The monoisotopic (exact) mass is 393 g/mol. The van der Waals surface area contributed by atoms with Gasteiger partial charge in [0.25, 0.3) is 0 Å². The van der Waals surface area contributed by atoms with Gasteiger partial charge in [0.1, 0.15) is 17.2 Å². The summed E-state index contributed by atoms with van der Waals surface area (Å²) in [6.45, 7) is 0. The van der Waals surface area contributed by atoms with Crippen molar-refractivity contribution in [2.24, 2.45) is 4.99 Å². The zero-order valence-corrected chi connectivity index (χ0v) is 14.7. The molecule has 6 nitrogen and oxygen atoms in total. The second kappa shape index (κ2) is 7.63. The Morgan fingerprint density at radius 2 is 1.57 bits per heavy atom. The van der Waals surface area contributed by atoms with Crippen molar-refractivity contribution in [1.29, 1.82) is 0 Å². The second-order valence-corrected chi connectivity index (χ2v) is 5.55. The van der Waals surface area contributed by atoms with Crippen molar-refractivity contribution in [3.63, 3.8) is 0 Å². The average Bonchev–Trinajstić information content (AvgIpc) is 3.02. The third-order valence-electron chi connectivity index (χ3n) is 3.64. The molecular weight excluding hydrogens is 379 g/mol. The molecule has 0 aromatic heterocycles. The van der Waals surface area contributed by atoms with Crippen molar-refractivity contribution < 1.29 is 36.9 Å².